The summed E-state index contributed by atoms with van der Waals surface area (Å²) in [6, 6.07) is 1.27. The Morgan fingerprint density at radius 2 is 1.95 bits per heavy atom. The normalized spacial score (nSPS) is 13.0. The molecule has 0 saturated carbocycles. The van der Waals surface area contributed by atoms with Crippen LogP contribution in [0.5, 0.6) is 0 Å². The number of oxazole rings is 1. The fraction of sp³-hybridized carbons (Fsp3) is 0.286. The van der Waals surface area contributed by atoms with Crippen LogP contribution in [0.1, 0.15) is 25.0 Å². The molecule has 2 heterocycles. The molecular weight excluding hydrogens is 317 g/mol. The van der Waals surface area contributed by atoms with E-state index in [1.807, 2.05) is 0 Å². The fourth-order valence-electron chi connectivity index (χ4n) is 2.31. The Labute approximate surface area is 127 Å². The molecule has 0 aliphatic carbocycles. The molecule has 0 bridgehead atoms. The first kappa shape index (κ1) is 15.0. The monoisotopic (exact) mass is 328 g/mol. The van der Waals surface area contributed by atoms with E-state index in [1.54, 1.807) is 11.6 Å². The third-order valence-electron chi connectivity index (χ3n) is 3.21. The lowest BCUT2D eigenvalue weighted by molar-refractivity contribution is -0.139. The summed E-state index contributed by atoms with van der Waals surface area (Å²) in [6.07, 6.45) is -2.15. The lowest BCUT2D eigenvalue weighted by atomic mass is 9.90. The standard InChI is InChI=1S/C14H11F3N2O2S/c1-13(2,20)8-5-7(12-18-3-4-22-12)11-10(19-6-21-11)9(8)14(15,16)17/h3-6,20H,1-2H3. The van der Waals surface area contributed by atoms with E-state index >= 15 is 0 Å². The first-order chi connectivity index (χ1) is 10.2. The number of aromatic nitrogens is 2. The summed E-state index contributed by atoms with van der Waals surface area (Å²) in [7, 11) is 0. The molecule has 1 N–H and O–H groups in total. The van der Waals surface area contributed by atoms with Gasteiger partial charge >= 0.3 is 6.18 Å². The molecule has 8 heteroatoms. The van der Waals surface area contributed by atoms with Gasteiger partial charge in [-0.15, -0.1) is 11.3 Å². The van der Waals surface area contributed by atoms with Gasteiger partial charge in [0, 0.05) is 11.6 Å². The van der Waals surface area contributed by atoms with Crippen molar-refractivity contribution in [2.45, 2.75) is 25.6 Å². The third-order valence-corrected chi connectivity index (χ3v) is 4.02. The number of benzene rings is 1. The maximum atomic E-state index is 13.5. The Kier molecular flexibility index (Phi) is 3.26. The van der Waals surface area contributed by atoms with E-state index in [2.05, 4.69) is 9.97 Å². The molecule has 2 aromatic heterocycles. The van der Waals surface area contributed by atoms with Crippen molar-refractivity contribution in [1.29, 1.82) is 0 Å². The summed E-state index contributed by atoms with van der Waals surface area (Å²) in [5.74, 6) is 0. The molecule has 22 heavy (non-hydrogen) atoms. The summed E-state index contributed by atoms with van der Waals surface area (Å²) in [6.45, 7) is 2.60. The average molecular weight is 328 g/mol. The molecule has 3 rings (SSSR count). The first-order valence-corrected chi connectivity index (χ1v) is 7.17. The maximum absolute atomic E-state index is 13.5. The number of fused-ring (bicyclic) bond motifs is 1. The second-order valence-corrected chi connectivity index (χ2v) is 6.17. The fourth-order valence-corrected chi connectivity index (χ4v) is 2.96. The summed E-state index contributed by atoms with van der Waals surface area (Å²) in [5.41, 5.74) is -2.86. The van der Waals surface area contributed by atoms with Crippen LogP contribution in [0.15, 0.2) is 28.5 Å². The highest BCUT2D eigenvalue weighted by Gasteiger charge is 2.41. The van der Waals surface area contributed by atoms with Crippen LogP contribution in [0.3, 0.4) is 0 Å². The second kappa shape index (κ2) is 4.79. The Hall–Kier alpha value is -1.93. The predicted molar refractivity (Wildman–Crippen MR) is 75.4 cm³/mol. The van der Waals surface area contributed by atoms with Crippen molar-refractivity contribution in [3.05, 3.63) is 35.2 Å². The van der Waals surface area contributed by atoms with Gasteiger partial charge in [-0.2, -0.15) is 13.2 Å². The first-order valence-electron chi connectivity index (χ1n) is 6.29. The zero-order chi connectivity index (χ0) is 16.1. The van der Waals surface area contributed by atoms with E-state index in [0.29, 0.717) is 10.6 Å². The van der Waals surface area contributed by atoms with E-state index in [-0.39, 0.29) is 16.7 Å². The summed E-state index contributed by atoms with van der Waals surface area (Å²) >= 11 is 1.27. The Balaban J connectivity index is 2.45. The van der Waals surface area contributed by atoms with E-state index < -0.39 is 17.3 Å². The zero-order valence-corrected chi connectivity index (χ0v) is 12.4. The number of nitrogens with zero attached hydrogens (tertiary/aromatic N) is 2. The summed E-state index contributed by atoms with van der Waals surface area (Å²) < 4.78 is 45.5. The van der Waals surface area contributed by atoms with E-state index in [9.17, 15) is 18.3 Å². The van der Waals surface area contributed by atoms with Crippen LogP contribution in [0, 0.1) is 0 Å². The zero-order valence-electron chi connectivity index (χ0n) is 11.6. The molecule has 0 fully saturated rings. The molecule has 1 aromatic carbocycles. The molecule has 0 atom stereocenters. The number of aliphatic hydroxyl groups is 1. The highest BCUT2D eigenvalue weighted by atomic mass is 32.1. The van der Waals surface area contributed by atoms with Crippen LogP contribution in [0.2, 0.25) is 0 Å². The van der Waals surface area contributed by atoms with Crippen LogP contribution in [0.25, 0.3) is 21.7 Å². The lowest BCUT2D eigenvalue weighted by Crippen LogP contribution is -2.22. The van der Waals surface area contributed by atoms with E-state index in [1.165, 1.54) is 31.3 Å². The van der Waals surface area contributed by atoms with Crippen LogP contribution in [0.4, 0.5) is 13.2 Å². The summed E-state index contributed by atoms with van der Waals surface area (Å²) in [4.78, 5) is 7.81. The van der Waals surface area contributed by atoms with Crippen molar-refractivity contribution in [3.63, 3.8) is 0 Å². The van der Waals surface area contributed by atoms with Crippen molar-refractivity contribution >= 4 is 22.4 Å². The van der Waals surface area contributed by atoms with Gasteiger partial charge in [0.05, 0.1) is 16.7 Å². The molecule has 3 aromatic rings. The molecule has 0 unspecified atom stereocenters. The molecular formula is C14H11F3N2O2S. The largest absolute Gasteiger partial charge is 0.443 e. The second-order valence-electron chi connectivity index (χ2n) is 5.27. The topological polar surface area (TPSA) is 59.2 Å². The van der Waals surface area contributed by atoms with Crippen molar-refractivity contribution in [2.75, 3.05) is 0 Å². The molecule has 0 aliphatic rings. The lowest BCUT2D eigenvalue weighted by Gasteiger charge is -2.23. The van der Waals surface area contributed by atoms with Crippen molar-refractivity contribution < 1.29 is 22.7 Å². The average Bonchev–Trinajstić information content (AvgIpc) is 3.05. The number of hydrogen-bond donors (Lipinski definition) is 1. The number of halogens is 3. The summed E-state index contributed by atoms with van der Waals surface area (Å²) in [5, 5.41) is 12.4. The van der Waals surface area contributed by atoms with Crippen LogP contribution in [-0.4, -0.2) is 15.1 Å². The molecule has 0 aliphatic heterocycles. The van der Waals surface area contributed by atoms with E-state index in [0.717, 1.165) is 6.39 Å². The molecule has 4 nitrogen and oxygen atoms in total. The number of thiazole rings is 1. The van der Waals surface area contributed by atoms with Crippen LogP contribution in [-0.2, 0) is 11.8 Å². The third kappa shape index (κ3) is 2.38. The maximum Gasteiger partial charge on any atom is 0.419 e. The molecule has 0 radical (unpaired) electrons. The quantitative estimate of drug-likeness (QED) is 0.766. The minimum absolute atomic E-state index is 0.00951. The van der Waals surface area contributed by atoms with Gasteiger partial charge in [-0.1, -0.05) is 0 Å². The molecule has 116 valence electrons. The number of alkyl halides is 3. The van der Waals surface area contributed by atoms with Gasteiger partial charge in [0.2, 0.25) is 0 Å². The van der Waals surface area contributed by atoms with Gasteiger partial charge in [0.1, 0.15) is 10.5 Å². The van der Waals surface area contributed by atoms with Gasteiger partial charge < -0.3 is 9.52 Å². The smallest absolute Gasteiger partial charge is 0.419 e. The van der Waals surface area contributed by atoms with Gasteiger partial charge in [0.15, 0.2) is 12.0 Å². The van der Waals surface area contributed by atoms with Crippen LogP contribution >= 0.6 is 11.3 Å². The number of rotatable bonds is 2. The molecule has 0 spiro atoms. The minimum atomic E-state index is -4.66. The minimum Gasteiger partial charge on any atom is -0.443 e. The van der Waals surface area contributed by atoms with E-state index in [4.69, 9.17) is 4.42 Å². The molecule has 0 amide bonds. The highest BCUT2D eigenvalue weighted by molar-refractivity contribution is 7.13. The predicted octanol–water partition coefficient (Wildman–Crippen LogP) is 4.20. The molecule has 0 saturated heterocycles. The Morgan fingerprint density at radius 1 is 1.23 bits per heavy atom. The Morgan fingerprint density at radius 3 is 2.50 bits per heavy atom. The SMILES string of the molecule is CC(C)(O)c1cc(-c2nccs2)c2ocnc2c1C(F)(F)F. The van der Waals surface area contributed by atoms with Crippen molar-refractivity contribution in [1.82, 2.24) is 9.97 Å². The highest BCUT2D eigenvalue weighted by Crippen LogP contribution is 2.44. The van der Waals surface area contributed by atoms with Crippen molar-refractivity contribution in [2.24, 2.45) is 0 Å². The Bertz CT molecular complexity index is 817. The van der Waals surface area contributed by atoms with Gasteiger partial charge in [-0.3, -0.25) is 0 Å². The van der Waals surface area contributed by atoms with Gasteiger partial charge in [0.25, 0.3) is 0 Å². The van der Waals surface area contributed by atoms with Crippen molar-refractivity contribution in [3.8, 4) is 10.6 Å². The van der Waals surface area contributed by atoms with Gasteiger partial charge in [-0.25, -0.2) is 9.97 Å². The van der Waals surface area contributed by atoms with Crippen LogP contribution < -0.4 is 0 Å². The number of hydrogen-bond acceptors (Lipinski definition) is 5. The van der Waals surface area contributed by atoms with Gasteiger partial charge in [-0.05, 0) is 25.5 Å².